The van der Waals surface area contributed by atoms with Crippen molar-refractivity contribution in [1.82, 2.24) is 9.97 Å². The van der Waals surface area contributed by atoms with Gasteiger partial charge >= 0.3 is 0 Å². The maximum Gasteiger partial charge on any atom is 0.114 e. The van der Waals surface area contributed by atoms with E-state index in [-0.39, 0.29) is 6.04 Å². The number of pyridine rings is 1. The largest absolute Gasteiger partial charge is 0.318 e. The van der Waals surface area contributed by atoms with Gasteiger partial charge in [0.2, 0.25) is 0 Å². The van der Waals surface area contributed by atoms with Crippen LogP contribution in [0.25, 0.3) is 10.9 Å². The molecule has 1 unspecified atom stereocenters. The summed E-state index contributed by atoms with van der Waals surface area (Å²) in [7, 11) is 0. The van der Waals surface area contributed by atoms with E-state index in [0.29, 0.717) is 0 Å². The summed E-state index contributed by atoms with van der Waals surface area (Å²) in [5, 5.41) is 3.99. The predicted molar refractivity (Wildman–Crippen MR) is 74.6 cm³/mol. The molecule has 18 heavy (non-hydrogen) atoms. The molecule has 3 aromatic rings. The third kappa shape index (κ3) is 1.89. The number of nitrogens with two attached hydrogens (primary N) is 1. The summed E-state index contributed by atoms with van der Waals surface area (Å²) in [5.41, 5.74) is 9.37. The first-order chi connectivity index (χ1) is 8.75. The second-order valence-corrected chi connectivity index (χ2v) is 5.14. The lowest BCUT2D eigenvalue weighted by Gasteiger charge is -2.13. The topological polar surface area (TPSA) is 51.8 Å². The Morgan fingerprint density at radius 2 is 2.11 bits per heavy atom. The highest BCUT2D eigenvalue weighted by molar-refractivity contribution is 7.09. The minimum Gasteiger partial charge on any atom is -0.318 e. The molecule has 2 N–H and O–H groups in total. The highest BCUT2D eigenvalue weighted by atomic mass is 32.1. The summed E-state index contributed by atoms with van der Waals surface area (Å²) in [5.74, 6) is 0. The lowest BCUT2D eigenvalue weighted by atomic mass is 10.0. The predicted octanol–water partition coefficient (Wildman–Crippen LogP) is 3.05. The monoisotopic (exact) mass is 255 g/mol. The van der Waals surface area contributed by atoms with Crippen LogP contribution in [0.1, 0.15) is 22.3 Å². The van der Waals surface area contributed by atoms with Crippen molar-refractivity contribution in [1.29, 1.82) is 0 Å². The number of aromatic nitrogens is 2. The van der Waals surface area contributed by atoms with E-state index in [0.717, 1.165) is 27.2 Å². The van der Waals surface area contributed by atoms with Crippen LogP contribution in [-0.2, 0) is 0 Å². The van der Waals surface area contributed by atoms with E-state index < -0.39 is 0 Å². The molecular formula is C14H13N3S. The molecule has 0 amide bonds. The van der Waals surface area contributed by atoms with Gasteiger partial charge in [0.1, 0.15) is 5.01 Å². The van der Waals surface area contributed by atoms with Gasteiger partial charge in [-0.1, -0.05) is 18.2 Å². The zero-order chi connectivity index (χ0) is 12.5. The van der Waals surface area contributed by atoms with Crippen molar-refractivity contribution in [2.75, 3.05) is 0 Å². The van der Waals surface area contributed by atoms with Gasteiger partial charge in [-0.3, -0.25) is 4.98 Å². The molecule has 3 rings (SSSR count). The van der Waals surface area contributed by atoms with Crippen LogP contribution in [-0.4, -0.2) is 9.97 Å². The highest BCUT2D eigenvalue weighted by Gasteiger charge is 2.15. The normalized spacial score (nSPS) is 12.8. The zero-order valence-electron chi connectivity index (χ0n) is 10.00. The Labute approximate surface area is 109 Å². The maximum atomic E-state index is 6.32. The smallest absolute Gasteiger partial charge is 0.114 e. The zero-order valence-corrected chi connectivity index (χ0v) is 10.8. The third-order valence-electron chi connectivity index (χ3n) is 2.93. The highest BCUT2D eigenvalue weighted by Crippen LogP contribution is 2.28. The van der Waals surface area contributed by atoms with Crippen molar-refractivity contribution >= 4 is 22.2 Å². The molecule has 0 aliphatic heterocycles. The molecule has 90 valence electrons. The summed E-state index contributed by atoms with van der Waals surface area (Å²) < 4.78 is 0. The van der Waals surface area contributed by atoms with Gasteiger partial charge in [-0.25, -0.2) is 4.98 Å². The molecule has 0 fully saturated rings. The summed E-state index contributed by atoms with van der Waals surface area (Å²) >= 11 is 1.58. The van der Waals surface area contributed by atoms with Crippen LogP contribution in [0.5, 0.6) is 0 Å². The summed E-state index contributed by atoms with van der Waals surface area (Å²) in [6.45, 7) is 1.99. The number of hydrogen-bond donors (Lipinski definition) is 1. The molecule has 0 saturated carbocycles. The maximum absolute atomic E-state index is 6.32. The molecule has 0 aliphatic carbocycles. The Morgan fingerprint density at radius 1 is 1.28 bits per heavy atom. The lowest BCUT2D eigenvalue weighted by Crippen LogP contribution is -2.12. The molecule has 1 atom stereocenters. The summed E-state index contributed by atoms with van der Waals surface area (Å²) in [6.07, 6.45) is 1.79. The Morgan fingerprint density at radius 3 is 2.89 bits per heavy atom. The fourth-order valence-corrected chi connectivity index (χ4v) is 2.78. The van der Waals surface area contributed by atoms with Gasteiger partial charge in [-0.15, -0.1) is 11.3 Å². The minimum atomic E-state index is -0.184. The van der Waals surface area contributed by atoms with Crippen LogP contribution in [0.15, 0.2) is 41.9 Å². The summed E-state index contributed by atoms with van der Waals surface area (Å²) in [6, 6.07) is 9.95. The molecular weight excluding hydrogens is 242 g/mol. The van der Waals surface area contributed by atoms with Crippen LogP contribution in [0.3, 0.4) is 0 Å². The van der Waals surface area contributed by atoms with Crippen LogP contribution in [0, 0.1) is 6.92 Å². The molecule has 2 heterocycles. The molecule has 0 spiro atoms. The Bertz CT molecular complexity index is 677. The Balaban J connectivity index is 2.22. The van der Waals surface area contributed by atoms with Crippen molar-refractivity contribution in [2.24, 2.45) is 5.73 Å². The SMILES string of the molecule is Cc1cc(C(N)c2nccs2)c2ccccc2n1. The van der Waals surface area contributed by atoms with Gasteiger partial charge in [0, 0.05) is 22.7 Å². The van der Waals surface area contributed by atoms with E-state index in [1.54, 1.807) is 17.5 Å². The van der Waals surface area contributed by atoms with E-state index >= 15 is 0 Å². The molecule has 0 saturated heterocycles. The van der Waals surface area contributed by atoms with E-state index in [1.807, 2.05) is 30.5 Å². The number of fused-ring (bicyclic) bond motifs is 1. The third-order valence-corrected chi connectivity index (χ3v) is 3.79. The van der Waals surface area contributed by atoms with Gasteiger partial charge in [0.25, 0.3) is 0 Å². The Kier molecular flexibility index (Phi) is 2.81. The number of nitrogens with zero attached hydrogens (tertiary/aromatic N) is 2. The first kappa shape index (κ1) is 11.3. The van der Waals surface area contributed by atoms with Crippen molar-refractivity contribution < 1.29 is 0 Å². The first-order valence-electron chi connectivity index (χ1n) is 5.77. The average Bonchev–Trinajstić information content (AvgIpc) is 2.90. The van der Waals surface area contributed by atoms with Crippen molar-refractivity contribution in [2.45, 2.75) is 13.0 Å². The van der Waals surface area contributed by atoms with Crippen molar-refractivity contribution in [3.8, 4) is 0 Å². The first-order valence-corrected chi connectivity index (χ1v) is 6.65. The molecule has 0 bridgehead atoms. The standard InChI is InChI=1S/C14H13N3S/c1-9-8-11(13(15)14-16-6-7-18-14)10-4-2-3-5-12(10)17-9/h2-8,13H,15H2,1H3. The number of para-hydroxylation sites is 1. The molecule has 0 aliphatic rings. The van der Waals surface area contributed by atoms with E-state index in [4.69, 9.17) is 5.73 Å². The van der Waals surface area contributed by atoms with Crippen LogP contribution < -0.4 is 5.73 Å². The molecule has 0 radical (unpaired) electrons. The quantitative estimate of drug-likeness (QED) is 0.765. The van der Waals surface area contributed by atoms with Crippen LogP contribution in [0.4, 0.5) is 0 Å². The average molecular weight is 255 g/mol. The van der Waals surface area contributed by atoms with Crippen LogP contribution >= 0.6 is 11.3 Å². The van der Waals surface area contributed by atoms with Crippen molar-refractivity contribution in [3.05, 3.63) is 58.2 Å². The number of hydrogen-bond acceptors (Lipinski definition) is 4. The second kappa shape index (κ2) is 4.48. The molecule has 3 nitrogen and oxygen atoms in total. The molecule has 1 aromatic carbocycles. The van der Waals surface area contributed by atoms with Gasteiger partial charge in [-0.05, 0) is 24.6 Å². The van der Waals surface area contributed by atoms with Crippen LogP contribution in [0.2, 0.25) is 0 Å². The summed E-state index contributed by atoms with van der Waals surface area (Å²) in [4.78, 5) is 8.83. The lowest BCUT2D eigenvalue weighted by molar-refractivity contribution is 0.862. The van der Waals surface area contributed by atoms with E-state index in [1.165, 1.54) is 0 Å². The fourth-order valence-electron chi connectivity index (χ4n) is 2.12. The van der Waals surface area contributed by atoms with Crippen molar-refractivity contribution in [3.63, 3.8) is 0 Å². The number of rotatable bonds is 2. The van der Waals surface area contributed by atoms with E-state index in [2.05, 4.69) is 22.1 Å². The van der Waals surface area contributed by atoms with Gasteiger partial charge in [0.15, 0.2) is 0 Å². The van der Waals surface area contributed by atoms with Gasteiger partial charge < -0.3 is 5.73 Å². The number of thiazole rings is 1. The van der Waals surface area contributed by atoms with Gasteiger partial charge in [0.05, 0.1) is 11.6 Å². The fraction of sp³-hybridized carbons (Fsp3) is 0.143. The van der Waals surface area contributed by atoms with Gasteiger partial charge in [-0.2, -0.15) is 0 Å². The number of aryl methyl sites for hydroxylation is 1. The molecule has 4 heteroatoms. The van der Waals surface area contributed by atoms with E-state index in [9.17, 15) is 0 Å². The molecule has 2 aromatic heterocycles. The number of benzene rings is 1. The minimum absolute atomic E-state index is 0.184. The Hall–Kier alpha value is -1.78. The second-order valence-electron chi connectivity index (χ2n) is 4.22.